The maximum Gasteiger partial charge on any atom is 0.266 e. The third-order valence-electron chi connectivity index (χ3n) is 8.42. The van der Waals surface area contributed by atoms with Crippen LogP contribution in [0.3, 0.4) is 0 Å². The monoisotopic (exact) mass is 619 g/mol. The third-order valence-corrected chi connectivity index (χ3v) is 9.20. The van der Waals surface area contributed by atoms with Crippen molar-refractivity contribution < 1.29 is 28.0 Å². The van der Waals surface area contributed by atoms with Crippen molar-refractivity contribution in [1.82, 2.24) is 5.32 Å². The fraction of sp³-hybridized carbons (Fsp3) is 0.971. The number of aliphatic hydroxyl groups is 2. The van der Waals surface area contributed by atoms with Crippen molar-refractivity contribution in [2.45, 2.75) is 205 Å². The number of nitrogens with one attached hydrogen (secondary N) is 1. The molecule has 1 amide bonds. The van der Waals surface area contributed by atoms with Crippen molar-refractivity contribution in [1.29, 1.82) is 0 Å². The number of carbonyl (C=O) groups excluding carboxylic acids is 1. The van der Waals surface area contributed by atoms with Crippen LogP contribution in [-0.2, 0) is 14.9 Å². The Hall–Kier alpha value is -0.700. The van der Waals surface area contributed by atoms with E-state index in [0.717, 1.165) is 44.9 Å². The van der Waals surface area contributed by atoms with Gasteiger partial charge in [0.25, 0.3) is 10.1 Å². The van der Waals surface area contributed by atoms with Gasteiger partial charge in [-0.1, -0.05) is 174 Å². The van der Waals surface area contributed by atoms with Crippen molar-refractivity contribution in [3.8, 4) is 0 Å². The van der Waals surface area contributed by atoms with Crippen LogP contribution in [0.15, 0.2) is 0 Å². The number of hydrogen-bond acceptors (Lipinski definition) is 5. The molecule has 0 rings (SSSR count). The quantitative estimate of drug-likeness (QED) is 0.0441. The number of aliphatic hydroxyl groups excluding tert-OH is 2. The van der Waals surface area contributed by atoms with Gasteiger partial charge in [0.1, 0.15) is 6.10 Å². The molecule has 0 aromatic rings. The Morgan fingerprint density at radius 2 is 0.857 bits per heavy atom. The molecule has 42 heavy (non-hydrogen) atoms. The highest BCUT2D eigenvalue weighted by Gasteiger charge is 2.28. The van der Waals surface area contributed by atoms with Crippen LogP contribution in [0.5, 0.6) is 0 Å². The van der Waals surface area contributed by atoms with Crippen LogP contribution < -0.4 is 5.32 Å². The van der Waals surface area contributed by atoms with Gasteiger partial charge >= 0.3 is 0 Å². The highest BCUT2D eigenvalue weighted by atomic mass is 32.2. The standard InChI is InChI=1S/C34H69NO6S/c1-3-5-7-9-10-11-12-13-14-15-16-17-18-19-20-21-22-23-25-27-29-33(37)34(38)35-31(30-42(39,40)41)32(36)28-26-24-8-6-4-2/h31-33,36-37H,3-30H2,1-2H3,(H,35,38)(H,39,40,41). The smallest absolute Gasteiger partial charge is 0.266 e. The minimum absolute atomic E-state index is 0.302. The Morgan fingerprint density at radius 3 is 1.19 bits per heavy atom. The van der Waals surface area contributed by atoms with E-state index in [9.17, 15) is 28.0 Å². The Morgan fingerprint density at radius 1 is 0.548 bits per heavy atom. The summed E-state index contributed by atoms with van der Waals surface area (Å²) >= 11 is 0. The number of carbonyl (C=O) groups is 1. The van der Waals surface area contributed by atoms with Crippen LogP contribution in [0.2, 0.25) is 0 Å². The molecule has 0 aliphatic heterocycles. The molecular weight excluding hydrogens is 550 g/mol. The maximum absolute atomic E-state index is 12.4. The highest BCUT2D eigenvalue weighted by Crippen LogP contribution is 2.16. The van der Waals surface area contributed by atoms with E-state index in [4.69, 9.17) is 0 Å². The van der Waals surface area contributed by atoms with Crippen molar-refractivity contribution in [3.63, 3.8) is 0 Å². The highest BCUT2D eigenvalue weighted by molar-refractivity contribution is 7.85. The summed E-state index contributed by atoms with van der Waals surface area (Å²) in [5.41, 5.74) is 0. The average molecular weight is 620 g/mol. The molecule has 3 unspecified atom stereocenters. The first-order valence-corrected chi connectivity index (χ1v) is 19.4. The SMILES string of the molecule is CCCCCCCCCCCCCCCCCCCCCCC(O)C(=O)NC(CS(=O)(=O)O)C(O)CCCCCCC. The van der Waals surface area contributed by atoms with Crippen molar-refractivity contribution in [2.75, 3.05) is 5.75 Å². The molecule has 0 aliphatic rings. The first kappa shape index (κ1) is 41.3. The van der Waals surface area contributed by atoms with Gasteiger partial charge < -0.3 is 15.5 Å². The number of rotatable bonds is 32. The number of hydrogen-bond donors (Lipinski definition) is 4. The Labute approximate surface area is 260 Å². The second-order valence-electron chi connectivity index (χ2n) is 12.7. The minimum Gasteiger partial charge on any atom is -0.391 e. The fourth-order valence-corrected chi connectivity index (χ4v) is 6.40. The van der Waals surface area contributed by atoms with Crippen LogP contribution in [0.25, 0.3) is 0 Å². The predicted molar refractivity (Wildman–Crippen MR) is 176 cm³/mol. The molecule has 0 aromatic carbocycles. The second kappa shape index (κ2) is 29.0. The zero-order chi connectivity index (χ0) is 31.3. The van der Waals surface area contributed by atoms with Crippen LogP contribution in [0, 0.1) is 0 Å². The summed E-state index contributed by atoms with van der Waals surface area (Å²) in [6.07, 6.45) is 29.0. The lowest BCUT2D eigenvalue weighted by molar-refractivity contribution is -0.131. The minimum atomic E-state index is -4.38. The van der Waals surface area contributed by atoms with E-state index in [0.29, 0.717) is 19.3 Å². The van der Waals surface area contributed by atoms with E-state index in [1.165, 1.54) is 109 Å². The molecule has 0 fully saturated rings. The summed E-state index contributed by atoms with van der Waals surface area (Å²) < 4.78 is 32.1. The molecule has 4 N–H and O–H groups in total. The summed E-state index contributed by atoms with van der Waals surface area (Å²) in [5, 5.41) is 23.2. The van der Waals surface area contributed by atoms with Gasteiger partial charge in [0.2, 0.25) is 5.91 Å². The zero-order valence-corrected chi connectivity index (χ0v) is 28.3. The van der Waals surface area contributed by atoms with Gasteiger partial charge in [-0.2, -0.15) is 8.42 Å². The molecule has 0 heterocycles. The zero-order valence-electron chi connectivity index (χ0n) is 27.5. The van der Waals surface area contributed by atoms with Gasteiger partial charge in [0.15, 0.2) is 0 Å². The molecule has 0 saturated carbocycles. The largest absolute Gasteiger partial charge is 0.391 e. The molecule has 7 nitrogen and oxygen atoms in total. The van der Waals surface area contributed by atoms with E-state index in [1.54, 1.807) is 0 Å². The molecule has 0 spiro atoms. The van der Waals surface area contributed by atoms with E-state index >= 15 is 0 Å². The lowest BCUT2D eigenvalue weighted by atomic mass is 10.0. The van der Waals surface area contributed by atoms with Crippen molar-refractivity contribution in [2.24, 2.45) is 0 Å². The van der Waals surface area contributed by atoms with Gasteiger partial charge in [0.05, 0.1) is 17.9 Å². The topological polar surface area (TPSA) is 124 Å². The van der Waals surface area contributed by atoms with Gasteiger partial charge in [-0.3, -0.25) is 9.35 Å². The number of amides is 1. The van der Waals surface area contributed by atoms with E-state index < -0.39 is 40.0 Å². The van der Waals surface area contributed by atoms with E-state index in [1.807, 2.05) is 0 Å². The summed E-state index contributed by atoms with van der Waals surface area (Å²) in [6.45, 7) is 4.38. The van der Waals surface area contributed by atoms with E-state index in [-0.39, 0.29) is 0 Å². The van der Waals surface area contributed by atoms with Crippen molar-refractivity contribution in [3.05, 3.63) is 0 Å². The molecule has 252 valence electrons. The Balaban J connectivity index is 3.79. The van der Waals surface area contributed by atoms with Crippen LogP contribution >= 0.6 is 0 Å². The predicted octanol–water partition coefficient (Wildman–Crippen LogP) is 8.65. The molecule has 8 heteroatoms. The lowest BCUT2D eigenvalue weighted by Crippen LogP contribution is -2.50. The molecule has 0 bridgehead atoms. The van der Waals surface area contributed by atoms with Gasteiger partial charge in [-0.25, -0.2) is 0 Å². The molecule has 0 aromatic heterocycles. The van der Waals surface area contributed by atoms with Gasteiger partial charge in [-0.15, -0.1) is 0 Å². The summed E-state index contributed by atoms with van der Waals surface area (Å²) in [4.78, 5) is 12.4. The number of unbranched alkanes of at least 4 members (excludes halogenated alkanes) is 23. The first-order valence-electron chi connectivity index (χ1n) is 17.8. The summed E-state index contributed by atoms with van der Waals surface area (Å²) in [5.74, 6) is -1.45. The summed E-state index contributed by atoms with van der Waals surface area (Å²) in [6, 6.07) is -1.14. The van der Waals surface area contributed by atoms with E-state index in [2.05, 4.69) is 19.2 Å². The van der Waals surface area contributed by atoms with Gasteiger partial charge in [0, 0.05) is 0 Å². The fourth-order valence-electron chi connectivity index (χ4n) is 5.64. The van der Waals surface area contributed by atoms with Crippen LogP contribution in [0.1, 0.15) is 187 Å². The second-order valence-corrected chi connectivity index (χ2v) is 14.2. The molecule has 0 aliphatic carbocycles. The Kier molecular flexibility index (Phi) is 28.6. The third kappa shape index (κ3) is 28.1. The average Bonchev–Trinajstić information content (AvgIpc) is 2.94. The molecular formula is C34H69NO6S. The van der Waals surface area contributed by atoms with Crippen molar-refractivity contribution >= 4 is 16.0 Å². The molecule has 0 radical (unpaired) electrons. The van der Waals surface area contributed by atoms with Gasteiger partial charge in [-0.05, 0) is 12.8 Å². The first-order chi connectivity index (χ1) is 20.2. The normalized spacial score (nSPS) is 14.1. The molecule has 0 saturated heterocycles. The molecule has 3 atom stereocenters. The lowest BCUT2D eigenvalue weighted by Gasteiger charge is -2.24. The maximum atomic E-state index is 12.4. The van der Waals surface area contributed by atoms with Crippen LogP contribution in [0.4, 0.5) is 0 Å². The summed E-state index contributed by atoms with van der Waals surface area (Å²) in [7, 11) is -4.38. The Bertz CT molecular complexity index is 702. The van der Waals surface area contributed by atoms with Crippen LogP contribution in [-0.4, -0.2) is 53.1 Å².